The van der Waals surface area contributed by atoms with Crippen LogP contribution >= 0.6 is 11.3 Å². The van der Waals surface area contributed by atoms with Crippen LogP contribution in [-0.4, -0.2) is 0 Å². The summed E-state index contributed by atoms with van der Waals surface area (Å²) in [6.45, 7) is 11.4. The monoisotopic (exact) mass is 654 g/mol. The summed E-state index contributed by atoms with van der Waals surface area (Å²) in [5.41, 5.74) is 18.5. The molecule has 49 heavy (non-hydrogen) atoms. The standard InChI is InChI=1S/C26H26.C22H20S/c1-19-13-15-23(21-9-5-3-6-10-21)17-25(19)26-18-24(16-14-20(26)2)22-11-7-4-8-12-22;1-13-8-9-18-15(10-13)16-11-17-14-6-4-5-7-20(14)23-21(17)12-19(16)22(18,2)3/h3,5-7,9-17,24H,4,8,18H2,1-2H3;4,6,8-12H,5,7H2,1-3H3. The minimum atomic E-state index is 0.104. The van der Waals surface area contributed by atoms with E-state index in [1.807, 2.05) is 11.3 Å². The molecule has 4 aromatic carbocycles. The highest BCUT2D eigenvalue weighted by molar-refractivity contribution is 7.19. The summed E-state index contributed by atoms with van der Waals surface area (Å²) in [4.78, 5) is 1.56. The van der Waals surface area contributed by atoms with Gasteiger partial charge in [0, 0.05) is 26.3 Å². The average Bonchev–Trinajstić information content (AvgIpc) is 3.60. The lowest BCUT2D eigenvalue weighted by molar-refractivity contribution is 0.661. The van der Waals surface area contributed by atoms with E-state index in [2.05, 4.69) is 156 Å². The highest BCUT2D eigenvalue weighted by atomic mass is 32.1. The third-order valence-corrected chi connectivity index (χ3v) is 12.4. The molecule has 1 heteroatoms. The van der Waals surface area contributed by atoms with E-state index in [0.29, 0.717) is 5.92 Å². The maximum Gasteiger partial charge on any atom is 0.0355 e. The van der Waals surface area contributed by atoms with Gasteiger partial charge in [-0.2, -0.15) is 0 Å². The van der Waals surface area contributed by atoms with Crippen LogP contribution in [0.1, 0.15) is 84.7 Å². The molecule has 0 fully saturated rings. The van der Waals surface area contributed by atoms with Gasteiger partial charge in [-0.25, -0.2) is 0 Å². The Labute approximate surface area is 296 Å². The van der Waals surface area contributed by atoms with Gasteiger partial charge in [-0.1, -0.05) is 123 Å². The lowest BCUT2D eigenvalue weighted by Gasteiger charge is -2.25. The molecule has 4 aliphatic rings. The Morgan fingerprint density at radius 1 is 0.694 bits per heavy atom. The van der Waals surface area contributed by atoms with E-state index in [-0.39, 0.29) is 5.41 Å². The summed E-state index contributed by atoms with van der Waals surface area (Å²) in [6, 6.07) is 29.4. The molecule has 0 nitrogen and oxygen atoms in total. The van der Waals surface area contributed by atoms with Crippen LogP contribution in [-0.2, 0) is 11.8 Å². The molecule has 5 aromatic rings. The smallest absolute Gasteiger partial charge is 0.0355 e. The molecule has 1 atom stereocenters. The molecule has 0 amide bonds. The largest absolute Gasteiger partial charge is 0.140 e. The van der Waals surface area contributed by atoms with Gasteiger partial charge in [0.15, 0.2) is 0 Å². The fraction of sp³-hybridized carbons (Fsp3) is 0.250. The second kappa shape index (κ2) is 12.8. The Morgan fingerprint density at radius 2 is 1.51 bits per heavy atom. The van der Waals surface area contributed by atoms with Crippen molar-refractivity contribution in [2.75, 3.05) is 0 Å². The topological polar surface area (TPSA) is 0 Å². The molecule has 0 bridgehead atoms. The highest BCUT2D eigenvalue weighted by Gasteiger charge is 2.36. The lowest BCUT2D eigenvalue weighted by atomic mass is 9.80. The van der Waals surface area contributed by atoms with Gasteiger partial charge >= 0.3 is 0 Å². The van der Waals surface area contributed by atoms with E-state index in [9.17, 15) is 0 Å². The van der Waals surface area contributed by atoms with E-state index < -0.39 is 0 Å². The average molecular weight is 655 g/mol. The zero-order valence-electron chi connectivity index (χ0n) is 29.6. The molecule has 0 N–H and O–H groups in total. The molecule has 9 rings (SSSR count). The van der Waals surface area contributed by atoms with Crippen molar-refractivity contribution in [3.63, 3.8) is 0 Å². The van der Waals surface area contributed by atoms with Crippen LogP contribution in [0.25, 0.3) is 44.0 Å². The van der Waals surface area contributed by atoms with Crippen LogP contribution in [0, 0.1) is 19.8 Å². The Kier molecular flexibility index (Phi) is 8.29. The lowest BCUT2D eigenvalue weighted by Crippen LogP contribution is -2.14. The molecular formula is C48H46S. The minimum absolute atomic E-state index is 0.104. The molecule has 4 aliphatic carbocycles. The second-order valence-corrected chi connectivity index (χ2v) is 16.0. The Morgan fingerprint density at radius 3 is 2.33 bits per heavy atom. The van der Waals surface area contributed by atoms with Gasteiger partial charge < -0.3 is 0 Å². The Balaban J connectivity index is 0.000000143. The van der Waals surface area contributed by atoms with Gasteiger partial charge in [0.1, 0.15) is 0 Å². The van der Waals surface area contributed by atoms with Crippen molar-refractivity contribution in [1.82, 2.24) is 0 Å². The minimum Gasteiger partial charge on any atom is -0.140 e. The van der Waals surface area contributed by atoms with Gasteiger partial charge in [0.25, 0.3) is 0 Å². The van der Waals surface area contributed by atoms with Crippen molar-refractivity contribution in [3.8, 4) is 22.3 Å². The first kappa shape index (κ1) is 31.8. The van der Waals surface area contributed by atoms with Crippen LogP contribution in [0.4, 0.5) is 0 Å². The molecule has 0 spiro atoms. The van der Waals surface area contributed by atoms with E-state index in [1.54, 1.807) is 4.88 Å². The Bertz CT molecular complexity index is 2240. The highest BCUT2D eigenvalue weighted by Crippen LogP contribution is 2.52. The van der Waals surface area contributed by atoms with Crippen LogP contribution in [0.2, 0.25) is 0 Å². The van der Waals surface area contributed by atoms with Crippen LogP contribution in [0.15, 0.2) is 126 Å². The SMILES string of the molecule is CC1=C(c2cc(-c3ccccc3)ccc2C)CC(C2=CCCC=C2)C=C1.Cc1ccc2c(c1)-c1cc3c4c(sc3cc1C2(C)C)CCC=C4. The fourth-order valence-corrected chi connectivity index (χ4v) is 9.56. The van der Waals surface area contributed by atoms with Crippen molar-refractivity contribution < 1.29 is 0 Å². The molecule has 0 aliphatic heterocycles. The maximum absolute atomic E-state index is 2.47. The zero-order chi connectivity index (χ0) is 33.7. The zero-order valence-corrected chi connectivity index (χ0v) is 30.4. The van der Waals surface area contributed by atoms with Gasteiger partial charge in [-0.3, -0.25) is 0 Å². The maximum atomic E-state index is 2.47. The number of benzene rings is 4. The third-order valence-electron chi connectivity index (χ3n) is 11.2. The third kappa shape index (κ3) is 5.83. The van der Waals surface area contributed by atoms with Gasteiger partial charge in [-0.15, -0.1) is 11.3 Å². The predicted molar refractivity (Wildman–Crippen MR) is 214 cm³/mol. The number of thiophene rings is 1. The van der Waals surface area contributed by atoms with E-state index in [0.717, 1.165) is 6.42 Å². The van der Waals surface area contributed by atoms with Gasteiger partial charge in [0.05, 0.1) is 0 Å². The van der Waals surface area contributed by atoms with Crippen molar-refractivity contribution >= 4 is 33.1 Å². The number of rotatable bonds is 3. The summed E-state index contributed by atoms with van der Waals surface area (Å²) in [5, 5.41) is 1.45. The number of fused-ring (bicyclic) bond motifs is 6. The van der Waals surface area contributed by atoms with Gasteiger partial charge in [0.2, 0.25) is 0 Å². The van der Waals surface area contributed by atoms with E-state index in [1.165, 1.54) is 108 Å². The summed E-state index contributed by atoms with van der Waals surface area (Å²) in [7, 11) is 0. The summed E-state index contributed by atoms with van der Waals surface area (Å²) >= 11 is 2.00. The number of aryl methyl sites for hydroxylation is 3. The predicted octanol–water partition coefficient (Wildman–Crippen LogP) is 13.8. The van der Waals surface area contributed by atoms with Crippen molar-refractivity contribution in [2.45, 2.75) is 72.1 Å². The van der Waals surface area contributed by atoms with Gasteiger partial charge in [-0.05, 0) is 138 Å². The summed E-state index contributed by atoms with van der Waals surface area (Å²) in [5.74, 6) is 0.505. The first-order chi connectivity index (χ1) is 23.8. The molecule has 1 unspecified atom stereocenters. The molecule has 0 radical (unpaired) electrons. The van der Waals surface area contributed by atoms with E-state index >= 15 is 0 Å². The van der Waals surface area contributed by atoms with E-state index in [4.69, 9.17) is 0 Å². The molecule has 0 saturated heterocycles. The summed E-state index contributed by atoms with van der Waals surface area (Å²) < 4.78 is 1.46. The first-order valence-electron chi connectivity index (χ1n) is 18.1. The van der Waals surface area contributed by atoms with Crippen molar-refractivity contribution in [1.29, 1.82) is 0 Å². The van der Waals surface area contributed by atoms with Crippen molar-refractivity contribution in [3.05, 3.63) is 165 Å². The second-order valence-electron chi connectivity index (χ2n) is 14.9. The first-order valence-corrected chi connectivity index (χ1v) is 18.9. The normalized spacial score (nSPS) is 18.5. The molecule has 1 heterocycles. The quantitative estimate of drug-likeness (QED) is 0.182. The number of hydrogen-bond donors (Lipinski definition) is 0. The molecule has 1 aromatic heterocycles. The fourth-order valence-electron chi connectivity index (χ4n) is 8.33. The molecular weight excluding hydrogens is 609 g/mol. The molecule has 244 valence electrons. The Hall–Kier alpha value is -4.46. The number of hydrogen-bond acceptors (Lipinski definition) is 1. The molecule has 0 saturated carbocycles. The number of allylic oxidation sites excluding steroid dienone is 9. The van der Waals surface area contributed by atoms with Crippen LogP contribution in [0.3, 0.4) is 0 Å². The van der Waals surface area contributed by atoms with Crippen LogP contribution < -0.4 is 0 Å². The van der Waals surface area contributed by atoms with Crippen LogP contribution in [0.5, 0.6) is 0 Å². The summed E-state index contributed by atoms with van der Waals surface area (Å²) in [6.07, 6.45) is 22.3. The van der Waals surface area contributed by atoms with Crippen molar-refractivity contribution in [2.24, 2.45) is 5.92 Å².